The molecule has 0 radical (unpaired) electrons. The molecule has 4 aromatic rings. The van der Waals surface area contributed by atoms with Crippen molar-refractivity contribution in [2.24, 2.45) is 5.92 Å². The lowest BCUT2D eigenvalue weighted by Gasteiger charge is -2.34. The summed E-state index contributed by atoms with van der Waals surface area (Å²) < 4.78 is 0. The average molecular weight is 488 g/mol. The summed E-state index contributed by atoms with van der Waals surface area (Å²) >= 11 is 1.70. The summed E-state index contributed by atoms with van der Waals surface area (Å²) in [5.74, 6) is 1.34. The molecular formula is C26H29N7OS. The van der Waals surface area contributed by atoms with Crippen LogP contribution in [0.1, 0.15) is 49.7 Å². The highest BCUT2D eigenvalue weighted by atomic mass is 32.1. The van der Waals surface area contributed by atoms with Crippen LogP contribution in [0.25, 0.3) is 22.2 Å². The molecular weight excluding hydrogens is 458 g/mol. The van der Waals surface area contributed by atoms with E-state index in [1.165, 1.54) is 5.56 Å². The van der Waals surface area contributed by atoms with Gasteiger partial charge in [-0.1, -0.05) is 19.1 Å². The minimum absolute atomic E-state index is 0.0269. The Bertz CT molecular complexity index is 1330. The number of nitrogens with zero attached hydrogens (tertiary/aromatic N) is 2. The first-order valence-electron chi connectivity index (χ1n) is 12.2. The molecule has 2 aliphatic rings. The summed E-state index contributed by atoms with van der Waals surface area (Å²) in [6.45, 7) is 2.84. The van der Waals surface area contributed by atoms with E-state index in [1.807, 2.05) is 19.2 Å². The van der Waals surface area contributed by atoms with Crippen molar-refractivity contribution in [3.05, 3.63) is 64.9 Å². The summed E-state index contributed by atoms with van der Waals surface area (Å²) in [5, 5.41) is 10.9. The normalized spacial score (nSPS) is 23.9. The number of nitrogens with one attached hydrogen (secondary N) is 5. The van der Waals surface area contributed by atoms with Gasteiger partial charge in [-0.25, -0.2) is 10.4 Å². The maximum atomic E-state index is 12.0. The number of aromatic amines is 1. The summed E-state index contributed by atoms with van der Waals surface area (Å²) in [4.78, 5) is 25.1. The topological polar surface area (TPSA) is 107 Å². The molecule has 8 nitrogen and oxygen atoms in total. The number of aromatic nitrogens is 3. The van der Waals surface area contributed by atoms with E-state index in [0.29, 0.717) is 18.4 Å². The number of hydrogen-bond donors (Lipinski definition) is 5. The van der Waals surface area contributed by atoms with E-state index in [-0.39, 0.29) is 18.0 Å². The molecule has 3 aromatic heterocycles. The largest absolute Gasteiger partial charge is 0.341 e. The molecule has 1 aromatic carbocycles. The maximum absolute atomic E-state index is 12.0. The van der Waals surface area contributed by atoms with Crippen LogP contribution in [0.4, 0.5) is 5.69 Å². The number of pyridine rings is 1. The lowest BCUT2D eigenvalue weighted by Crippen LogP contribution is -2.46. The van der Waals surface area contributed by atoms with Gasteiger partial charge in [-0.05, 0) is 52.9 Å². The summed E-state index contributed by atoms with van der Waals surface area (Å²) in [6, 6.07) is 11.0. The van der Waals surface area contributed by atoms with Crippen molar-refractivity contribution in [2.75, 3.05) is 11.9 Å². The molecule has 2 aliphatic heterocycles. The SMILES string of the molecule is CCCC(=O)Nc1cncc(C2CC3C(CN2)NNC3c2nc3c(-c4ccsc4)cccc3[nH]2)c1. The first kappa shape index (κ1) is 22.4. The Balaban J connectivity index is 1.24. The Labute approximate surface area is 207 Å². The second-order valence-electron chi connectivity index (χ2n) is 9.37. The molecule has 9 heteroatoms. The number of anilines is 1. The lowest BCUT2D eigenvalue weighted by atomic mass is 9.82. The number of amides is 1. The second kappa shape index (κ2) is 9.50. The van der Waals surface area contributed by atoms with Gasteiger partial charge in [0.1, 0.15) is 5.82 Å². The summed E-state index contributed by atoms with van der Waals surface area (Å²) in [6.07, 6.45) is 5.87. The highest BCUT2D eigenvalue weighted by molar-refractivity contribution is 7.08. The van der Waals surface area contributed by atoms with E-state index in [1.54, 1.807) is 17.5 Å². The molecule has 2 saturated heterocycles. The predicted octanol–water partition coefficient (Wildman–Crippen LogP) is 4.29. The fraction of sp³-hybridized carbons (Fsp3) is 0.346. The number of carbonyl (C=O) groups is 1. The fourth-order valence-corrected chi connectivity index (χ4v) is 5.97. The molecule has 1 amide bonds. The van der Waals surface area contributed by atoms with Gasteiger partial charge in [0.05, 0.1) is 29.0 Å². The molecule has 35 heavy (non-hydrogen) atoms. The number of benzene rings is 1. The third-order valence-electron chi connectivity index (χ3n) is 7.04. The Kier molecular flexibility index (Phi) is 6.07. The van der Waals surface area contributed by atoms with Gasteiger partial charge in [-0.2, -0.15) is 11.3 Å². The van der Waals surface area contributed by atoms with Gasteiger partial charge in [0.15, 0.2) is 0 Å². The van der Waals surface area contributed by atoms with Crippen molar-refractivity contribution in [1.82, 2.24) is 31.1 Å². The molecule has 6 rings (SSSR count). The van der Waals surface area contributed by atoms with Gasteiger partial charge < -0.3 is 15.6 Å². The van der Waals surface area contributed by atoms with Crippen LogP contribution < -0.4 is 21.5 Å². The minimum atomic E-state index is 0.0269. The highest BCUT2D eigenvalue weighted by Gasteiger charge is 2.42. The van der Waals surface area contributed by atoms with Crippen molar-refractivity contribution in [3.63, 3.8) is 0 Å². The lowest BCUT2D eigenvalue weighted by molar-refractivity contribution is -0.116. The monoisotopic (exact) mass is 487 g/mol. The van der Waals surface area contributed by atoms with Crippen LogP contribution in [0.2, 0.25) is 0 Å². The molecule has 180 valence electrons. The number of carbonyl (C=O) groups excluding carboxylic acids is 1. The van der Waals surface area contributed by atoms with Gasteiger partial charge in [0, 0.05) is 42.7 Å². The van der Waals surface area contributed by atoms with Crippen LogP contribution in [0.5, 0.6) is 0 Å². The van der Waals surface area contributed by atoms with Gasteiger partial charge in [0.25, 0.3) is 0 Å². The van der Waals surface area contributed by atoms with Crippen molar-refractivity contribution >= 4 is 34.0 Å². The zero-order valence-electron chi connectivity index (χ0n) is 19.5. The Morgan fingerprint density at radius 3 is 3.03 bits per heavy atom. The Hall–Kier alpha value is -3.11. The van der Waals surface area contributed by atoms with Gasteiger partial charge in [0.2, 0.25) is 5.91 Å². The molecule has 2 fully saturated rings. The Morgan fingerprint density at radius 2 is 2.17 bits per heavy atom. The number of thiophene rings is 1. The average Bonchev–Trinajstić information content (AvgIpc) is 3.63. The first-order valence-corrected chi connectivity index (χ1v) is 13.1. The zero-order valence-corrected chi connectivity index (χ0v) is 20.4. The number of H-pyrrole nitrogens is 1. The van der Waals surface area contributed by atoms with Crippen LogP contribution in [0, 0.1) is 5.92 Å². The van der Waals surface area contributed by atoms with Crippen LogP contribution >= 0.6 is 11.3 Å². The number of fused-ring (bicyclic) bond motifs is 2. The van der Waals surface area contributed by atoms with E-state index in [4.69, 9.17) is 4.98 Å². The van der Waals surface area contributed by atoms with Gasteiger partial charge >= 0.3 is 0 Å². The number of piperidine rings is 1. The number of imidazole rings is 1. The molecule has 5 N–H and O–H groups in total. The van der Waals surface area contributed by atoms with Crippen molar-refractivity contribution in [2.45, 2.75) is 44.3 Å². The zero-order chi connectivity index (χ0) is 23.8. The third-order valence-corrected chi connectivity index (χ3v) is 7.72. The van der Waals surface area contributed by atoms with Crippen LogP contribution in [0.15, 0.2) is 53.5 Å². The van der Waals surface area contributed by atoms with Gasteiger partial charge in [-0.15, -0.1) is 0 Å². The number of hydrogen-bond acceptors (Lipinski definition) is 7. The molecule has 4 unspecified atom stereocenters. The van der Waals surface area contributed by atoms with Gasteiger partial charge in [-0.3, -0.25) is 15.2 Å². The number of para-hydroxylation sites is 1. The van der Waals surface area contributed by atoms with Crippen molar-refractivity contribution in [3.8, 4) is 11.1 Å². The van der Waals surface area contributed by atoms with Crippen LogP contribution in [-0.4, -0.2) is 33.4 Å². The number of hydrazine groups is 1. The van der Waals surface area contributed by atoms with Crippen molar-refractivity contribution < 1.29 is 4.79 Å². The maximum Gasteiger partial charge on any atom is 0.224 e. The predicted molar refractivity (Wildman–Crippen MR) is 139 cm³/mol. The third kappa shape index (κ3) is 4.36. The van der Waals surface area contributed by atoms with E-state index >= 15 is 0 Å². The minimum Gasteiger partial charge on any atom is -0.341 e. The quantitative estimate of drug-likeness (QED) is 0.278. The molecule has 4 atom stereocenters. The Morgan fingerprint density at radius 1 is 1.23 bits per heavy atom. The molecule has 0 saturated carbocycles. The summed E-state index contributed by atoms with van der Waals surface area (Å²) in [7, 11) is 0. The number of rotatable bonds is 6. The summed E-state index contributed by atoms with van der Waals surface area (Å²) in [5.41, 5.74) is 13.2. The highest BCUT2D eigenvalue weighted by Crippen LogP contribution is 2.39. The first-order chi connectivity index (χ1) is 17.2. The van der Waals surface area contributed by atoms with Crippen molar-refractivity contribution in [1.29, 1.82) is 0 Å². The molecule has 0 bridgehead atoms. The van der Waals surface area contributed by atoms with E-state index in [2.05, 4.69) is 66.5 Å². The molecule has 0 aliphatic carbocycles. The second-order valence-corrected chi connectivity index (χ2v) is 10.2. The van der Waals surface area contributed by atoms with Crippen LogP contribution in [0.3, 0.4) is 0 Å². The standard InChI is InChI=1S/C26H29N7OS/c1-2-4-23(34)29-17-9-16(11-27-12-17)21-10-19-22(13-28-21)32-33-25(19)26-30-20-6-3-5-18(24(20)31-26)15-7-8-35-14-15/h3,5-9,11-12,14,19,21-22,25,28,32-33H,2,4,10,13H2,1H3,(H,29,34)(H,30,31). The fourth-order valence-electron chi connectivity index (χ4n) is 5.31. The van der Waals surface area contributed by atoms with E-state index < -0.39 is 0 Å². The smallest absolute Gasteiger partial charge is 0.224 e. The molecule has 0 spiro atoms. The van der Waals surface area contributed by atoms with E-state index in [0.717, 1.165) is 53.1 Å². The van der Waals surface area contributed by atoms with E-state index in [9.17, 15) is 4.79 Å². The molecule has 5 heterocycles. The van der Waals surface area contributed by atoms with Crippen LogP contribution in [-0.2, 0) is 4.79 Å².